The van der Waals surface area contributed by atoms with Gasteiger partial charge < -0.3 is 14.6 Å². The van der Waals surface area contributed by atoms with Crippen molar-refractivity contribution in [3.8, 4) is 0 Å². The first kappa shape index (κ1) is 26.4. The van der Waals surface area contributed by atoms with Crippen molar-refractivity contribution < 1.29 is 19.2 Å². The molecule has 0 aliphatic heterocycles. The molecule has 1 aliphatic rings. The summed E-state index contributed by atoms with van der Waals surface area (Å²) in [5.41, 5.74) is 2.00. The highest BCUT2D eigenvalue weighted by Gasteiger charge is 2.27. The summed E-state index contributed by atoms with van der Waals surface area (Å²) in [6.07, 6.45) is 4.02. The minimum absolute atomic E-state index is 0.123. The zero-order chi connectivity index (χ0) is 26.8. The van der Waals surface area contributed by atoms with Crippen molar-refractivity contribution in [1.82, 2.24) is 4.98 Å². The van der Waals surface area contributed by atoms with Gasteiger partial charge in [0.1, 0.15) is 11.3 Å². The molecule has 0 bridgehead atoms. The molecule has 192 valence electrons. The molecule has 3 aromatic carbocycles. The minimum Gasteiger partial charge on any atom is -0.606 e. The summed E-state index contributed by atoms with van der Waals surface area (Å²) >= 11 is 7.67. The Labute approximate surface area is 236 Å². The molecule has 4 aromatic rings. The van der Waals surface area contributed by atoms with Crippen LogP contribution in [-0.4, -0.2) is 32.9 Å². The van der Waals surface area contributed by atoms with E-state index in [9.17, 15) is 19.2 Å². The third kappa shape index (κ3) is 5.94. The Morgan fingerprint density at radius 2 is 1.68 bits per heavy atom. The van der Waals surface area contributed by atoms with E-state index in [2.05, 4.69) is 25.8 Å². The van der Waals surface area contributed by atoms with Gasteiger partial charge in [0.2, 0.25) is 5.78 Å². The van der Waals surface area contributed by atoms with Gasteiger partial charge in [0.25, 0.3) is 0 Å². The number of aromatic carboxylic acids is 1. The molecule has 1 unspecified atom stereocenters. The number of nitrogens with zero attached hydrogens (tertiary/aromatic N) is 2. The summed E-state index contributed by atoms with van der Waals surface area (Å²) < 4.78 is 13.9. The largest absolute Gasteiger partial charge is 0.606 e. The van der Waals surface area contributed by atoms with Crippen molar-refractivity contribution in [3.63, 3.8) is 0 Å². The lowest BCUT2D eigenvalue weighted by atomic mass is 10.0. The Morgan fingerprint density at radius 3 is 2.29 bits per heavy atom. The fourth-order valence-electron chi connectivity index (χ4n) is 4.05. The normalized spacial score (nSPS) is 13.7. The van der Waals surface area contributed by atoms with Crippen LogP contribution in [0.1, 0.15) is 39.3 Å². The van der Waals surface area contributed by atoms with Crippen molar-refractivity contribution in [2.45, 2.75) is 22.6 Å². The number of benzene rings is 3. The van der Waals surface area contributed by atoms with Gasteiger partial charge in [-0.3, -0.25) is 9.78 Å². The Bertz CT molecular complexity index is 1480. The summed E-state index contributed by atoms with van der Waals surface area (Å²) in [5, 5.41) is 10.5. The molecule has 1 aliphatic carbocycles. The van der Waals surface area contributed by atoms with Crippen molar-refractivity contribution in [2.24, 2.45) is 5.92 Å². The van der Waals surface area contributed by atoms with Gasteiger partial charge >= 0.3 is 5.97 Å². The molecule has 6 nitrogen and oxygen atoms in total. The molecule has 0 radical (unpaired) electrons. The van der Waals surface area contributed by atoms with Crippen LogP contribution in [-0.2, 0) is 11.2 Å². The van der Waals surface area contributed by atoms with Gasteiger partial charge in [0.05, 0.1) is 11.9 Å². The van der Waals surface area contributed by atoms with Crippen molar-refractivity contribution in [2.75, 3.05) is 11.4 Å². The number of pyridine rings is 1. The fourth-order valence-corrected chi connectivity index (χ4v) is 5.62. The summed E-state index contributed by atoms with van der Waals surface area (Å²) in [4.78, 5) is 32.4. The molecular weight excluding hydrogens is 588 g/mol. The molecule has 1 heterocycles. The SMILES string of the molecule is O=C(c1ccc([S+]([O-])c2ccc(Br)cc2)c(C(=O)O)c1)c1ccc(N(CC2CC2)c2ccc(Cl)cc2)cn1. The second-order valence-corrected chi connectivity index (χ2v) is 11.8. The highest BCUT2D eigenvalue weighted by atomic mass is 79.9. The van der Waals surface area contributed by atoms with Gasteiger partial charge in [-0.15, -0.1) is 0 Å². The van der Waals surface area contributed by atoms with E-state index in [-0.39, 0.29) is 21.7 Å². The number of hydrogen-bond acceptors (Lipinski definition) is 5. The van der Waals surface area contributed by atoms with Crippen LogP contribution in [0.5, 0.6) is 0 Å². The van der Waals surface area contributed by atoms with Crippen molar-refractivity contribution in [3.05, 3.63) is 111 Å². The molecule has 1 atom stereocenters. The molecule has 1 aromatic heterocycles. The molecular formula is C29H22BrClN2O4S. The Hall–Kier alpha value is -3.17. The average Bonchev–Trinajstić information content (AvgIpc) is 3.76. The predicted molar refractivity (Wildman–Crippen MR) is 151 cm³/mol. The molecule has 1 saturated carbocycles. The molecule has 0 spiro atoms. The zero-order valence-corrected chi connectivity index (χ0v) is 23.2. The third-order valence-electron chi connectivity index (χ3n) is 6.27. The van der Waals surface area contributed by atoms with Crippen LogP contribution in [0.3, 0.4) is 0 Å². The summed E-state index contributed by atoms with van der Waals surface area (Å²) in [5.74, 6) is -1.06. The molecule has 1 N–H and O–H groups in total. The van der Waals surface area contributed by atoms with Crippen LogP contribution < -0.4 is 4.90 Å². The third-order valence-corrected chi connectivity index (χ3v) is 8.50. The van der Waals surface area contributed by atoms with E-state index >= 15 is 0 Å². The topological polar surface area (TPSA) is 93.6 Å². The number of hydrogen-bond donors (Lipinski definition) is 1. The van der Waals surface area contributed by atoms with E-state index in [1.54, 1.807) is 36.5 Å². The van der Waals surface area contributed by atoms with Crippen LogP contribution in [0.25, 0.3) is 0 Å². The first-order valence-electron chi connectivity index (χ1n) is 11.9. The van der Waals surface area contributed by atoms with E-state index in [4.69, 9.17) is 11.6 Å². The number of carbonyl (C=O) groups excluding carboxylic acids is 1. The van der Waals surface area contributed by atoms with E-state index in [1.807, 2.05) is 30.3 Å². The Morgan fingerprint density at radius 1 is 1.00 bits per heavy atom. The summed E-state index contributed by atoms with van der Waals surface area (Å²) in [6, 6.07) is 22.1. The number of aromatic nitrogens is 1. The van der Waals surface area contributed by atoms with E-state index in [1.165, 1.54) is 31.0 Å². The molecule has 1 fully saturated rings. The molecule has 0 saturated heterocycles. The zero-order valence-electron chi connectivity index (χ0n) is 20.0. The number of halogens is 2. The van der Waals surface area contributed by atoms with Crippen LogP contribution in [0.2, 0.25) is 5.02 Å². The maximum Gasteiger partial charge on any atom is 0.340 e. The Balaban J connectivity index is 1.40. The number of carboxylic acids is 1. The van der Waals surface area contributed by atoms with Crippen molar-refractivity contribution in [1.29, 1.82) is 0 Å². The number of carbonyl (C=O) groups is 2. The van der Waals surface area contributed by atoms with Crippen molar-refractivity contribution >= 4 is 61.8 Å². The number of anilines is 2. The van der Waals surface area contributed by atoms with Gasteiger partial charge in [0, 0.05) is 38.5 Å². The number of rotatable bonds is 9. The lowest BCUT2D eigenvalue weighted by Gasteiger charge is -2.25. The first-order valence-corrected chi connectivity index (χ1v) is 14.2. The van der Waals surface area contributed by atoms with Gasteiger partial charge in [-0.2, -0.15) is 0 Å². The Kier molecular flexibility index (Phi) is 7.85. The highest BCUT2D eigenvalue weighted by molar-refractivity contribution is 9.10. The fraction of sp³-hybridized carbons (Fsp3) is 0.138. The lowest BCUT2D eigenvalue weighted by Crippen LogP contribution is -2.20. The van der Waals surface area contributed by atoms with Gasteiger partial charge in [-0.05, 0) is 97.6 Å². The van der Waals surface area contributed by atoms with E-state index in [0.29, 0.717) is 15.8 Å². The van der Waals surface area contributed by atoms with Crippen LogP contribution in [0, 0.1) is 5.92 Å². The summed E-state index contributed by atoms with van der Waals surface area (Å²) in [7, 11) is 0. The second-order valence-electron chi connectivity index (χ2n) is 9.00. The quantitative estimate of drug-likeness (QED) is 0.160. The average molecular weight is 610 g/mol. The minimum atomic E-state index is -1.72. The molecule has 0 amide bonds. The molecule has 9 heteroatoms. The smallest absolute Gasteiger partial charge is 0.340 e. The number of ketones is 1. The highest BCUT2D eigenvalue weighted by Crippen LogP contribution is 2.35. The number of carboxylic acid groups (broad SMARTS) is 1. The van der Waals surface area contributed by atoms with Gasteiger partial charge in [-0.25, -0.2) is 4.79 Å². The monoisotopic (exact) mass is 608 g/mol. The van der Waals surface area contributed by atoms with Crippen LogP contribution >= 0.6 is 27.5 Å². The maximum atomic E-state index is 13.2. The maximum absolute atomic E-state index is 13.2. The van der Waals surface area contributed by atoms with Crippen LogP contribution in [0.4, 0.5) is 11.4 Å². The predicted octanol–water partition coefficient (Wildman–Crippen LogP) is 7.14. The van der Waals surface area contributed by atoms with Crippen LogP contribution in [0.15, 0.2) is 99.3 Å². The summed E-state index contributed by atoms with van der Waals surface area (Å²) in [6.45, 7) is 0.843. The van der Waals surface area contributed by atoms with Gasteiger partial charge in [0.15, 0.2) is 9.79 Å². The second kappa shape index (κ2) is 11.3. The molecule has 38 heavy (non-hydrogen) atoms. The van der Waals surface area contributed by atoms with Gasteiger partial charge in [-0.1, -0.05) is 27.5 Å². The first-order chi connectivity index (χ1) is 18.3. The standard InChI is InChI=1S/C29H22BrClN2O4S/c30-20-4-11-24(12-5-20)38(37)27-14-3-19(15-25(27)29(35)36)28(34)26-13-10-23(16-32-26)33(17-18-1-2-18)22-8-6-21(31)7-9-22/h3-16,18H,1-2,17H2,(H,35,36). The van der Waals surface area contributed by atoms with E-state index < -0.39 is 22.9 Å². The lowest BCUT2D eigenvalue weighted by molar-refractivity contribution is 0.0692. The van der Waals surface area contributed by atoms with E-state index in [0.717, 1.165) is 22.4 Å². The molecule has 5 rings (SSSR count).